The summed E-state index contributed by atoms with van der Waals surface area (Å²) in [4.78, 5) is 11.9. The molecule has 3 rings (SSSR count). The number of guanidine groups is 1. The number of fused-ring (bicyclic) bond motifs is 1. The second-order valence-electron chi connectivity index (χ2n) is 6.49. The summed E-state index contributed by atoms with van der Waals surface area (Å²) in [6.45, 7) is 10.2. The second-order valence-corrected chi connectivity index (χ2v) is 6.49. The van der Waals surface area contributed by atoms with Crippen LogP contribution in [0.3, 0.4) is 0 Å². The summed E-state index contributed by atoms with van der Waals surface area (Å²) in [5.41, 5.74) is 3.20. The van der Waals surface area contributed by atoms with Gasteiger partial charge < -0.3 is 14.6 Å². The van der Waals surface area contributed by atoms with Crippen molar-refractivity contribution in [1.29, 1.82) is 0 Å². The quantitative estimate of drug-likeness (QED) is 0.700. The van der Waals surface area contributed by atoms with Crippen LogP contribution >= 0.6 is 0 Å². The van der Waals surface area contributed by atoms with Gasteiger partial charge in [-0.3, -0.25) is 0 Å². The first kappa shape index (κ1) is 15.8. The zero-order chi connectivity index (χ0) is 16.2. The van der Waals surface area contributed by atoms with E-state index in [2.05, 4.69) is 52.6 Å². The minimum Gasteiger partial charge on any atom is -0.357 e. The fourth-order valence-electron chi connectivity index (χ4n) is 3.24. The van der Waals surface area contributed by atoms with Crippen LogP contribution in [0, 0.1) is 12.8 Å². The number of imidazole rings is 1. The standard InChI is InChI=1S/C18H27N5/c1-4-19-18(22-10-6-7-14(2)12-22)20-11-16-13-23-15(3)8-5-9-17(23)21-16/h5,8-9,13-14H,4,6-7,10-12H2,1-3H3,(H,19,20). The number of pyridine rings is 1. The van der Waals surface area contributed by atoms with Crippen LogP contribution < -0.4 is 5.32 Å². The Hall–Kier alpha value is -2.04. The van der Waals surface area contributed by atoms with Gasteiger partial charge in [0.25, 0.3) is 0 Å². The molecule has 0 radical (unpaired) electrons. The molecule has 0 saturated carbocycles. The number of hydrogen-bond donors (Lipinski definition) is 1. The number of nitrogens with one attached hydrogen (secondary N) is 1. The zero-order valence-corrected chi connectivity index (χ0v) is 14.4. The van der Waals surface area contributed by atoms with E-state index in [0.29, 0.717) is 6.54 Å². The number of rotatable bonds is 3. The van der Waals surface area contributed by atoms with Crippen LogP contribution in [0.15, 0.2) is 29.4 Å². The number of piperidine rings is 1. The highest BCUT2D eigenvalue weighted by Gasteiger charge is 2.19. The third-order valence-corrected chi connectivity index (χ3v) is 4.43. The predicted octanol–water partition coefficient (Wildman–Crippen LogP) is 2.84. The number of likely N-dealkylation sites (tertiary alicyclic amines) is 1. The first-order valence-corrected chi connectivity index (χ1v) is 8.64. The van der Waals surface area contributed by atoms with Gasteiger partial charge in [0, 0.05) is 31.5 Å². The average molecular weight is 313 g/mol. The number of aryl methyl sites for hydroxylation is 1. The van der Waals surface area contributed by atoms with Crippen molar-refractivity contribution in [3.8, 4) is 0 Å². The molecule has 0 amide bonds. The lowest BCUT2D eigenvalue weighted by Gasteiger charge is -2.33. The lowest BCUT2D eigenvalue weighted by Crippen LogP contribution is -2.46. The molecule has 5 nitrogen and oxygen atoms in total. The Bertz CT molecular complexity index is 688. The van der Waals surface area contributed by atoms with Crippen molar-refractivity contribution in [1.82, 2.24) is 19.6 Å². The van der Waals surface area contributed by atoms with Crippen LogP contribution in [0.5, 0.6) is 0 Å². The molecule has 0 spiro atoms. The van der Waals surface area contributed by atoms with Gasteiger partial charge in [-0.2, -0.15) is 0 Å². The highest BCUT2D eigenvalue weighted by atomic mass is 15.3. The third kappa shape index (κ3) is 3.66. The molecule has 3 heterocycles. The van der Waals surface area contributed by atoms with Gasteiger partial charge in [-0.05, 0) is 44.7 Å². The molecule has 124 valence electrons. The predicted molar refractivity (Wildman–Crippen MR) is 94.7 cm³/mol. The Morgan fingerprint density at radius 1 is 1.43 bits per heavy atom. The summed E-state index contributed by atoms with van der Waals surface area (Å²) in [5, 5.41) is 3.43. The summed E-state index contributed by atoms with van der Waals surface area (Å²) in [6.07, 6.45) is 4.66. The Morgan fingerprint density at radius 3 is 3.04 bits per heavy atom. The lowest BCUT2D eigenvalue weighted by molar-refractivity contribution is 0.266. The summed E-state index contributed by atoms with van der Waals surface area (Å²) in [5.74, 6) is 1.76. The Morgan fingerprint density at radius 2 is 2.30 bits per heavy atom. The van der Waals surface area contributed by atoms with Gasteiger partial charge in [0.05, 0.1) is 12.2 Å². The third-order valence-electron chi connectivity index (χ3n) is 4.43. The van der Waals surface area contributed by atoms with E-state index in [-0.39, 0.29) is 0 Å². The molecular formula is C18H27N5. The molecule has 2 aromatic heterocycles. The van der Waals surface area contributed by atoms with Crippen molar-refractivity contribution in [2.75, 3.05) is 19.6 Å². The van der Waals surface area contributed by atoms with Crippen molar-refractivity contribution < 1.29 is 0 Å². The van der Waals surface area contributed by atoms with Gasteiger partial charge in [0.1, 0.15) is 5.65 Å². The zero-order valence-electron chi connectivity index (χ0n) is 14.4. The Kier molecular flexibility index (Phi) is 4.84. The molecular weight excluding hydrogens is 286 g/mol. The van der Waals surface area contributed by atoms with E-state index in [0.717, 1.165) is 42.9 Å². The van der Waals surface area contributed by atoms with Crippen LogP contribution in [-0.4, -0.2) is 39.9 Å². The summed E-state index contributed by atoms with van der Waals surface area (Å²) < 4.78 is 2.13. The lowest BCUT2D eigenvalue weighted by atomic mass is 10.0. The van der Waals surface area contributed by atoms with Gasteiger partial charge in [0.15, 0.2) is 5.96 Å². The van der Waals surface area contributed by atoms with Crippen molar-refractivity contribution in [3.05, 3.63) is 35.8 Å². The van der Waals surface area contributed by atoms with E-state index in [1.807, 2.05) is 12.1 Å². The van der Waals surface area contributed by atoms with Gasteiger partial charge in [-0.15, -0.1) is 0 Å². The van der Waals surface area contributed by atoms with E-state index in [4.69, 9.17) is 4.99 Å². The van der Waals surface area contributed by atoms with Crippen LogP contribution in [0.2, 0.25) is 0 Å². The van der Waals surface area contributed by atoms with Gasteiger partial charge in [0.2, 0.25) is 0 Å². The molecule has 1 unspecified atom stereocenters. The first-order chi connectivity index (χ1) is 11.2. The van der Waals surface area contributed by atoms with Crippen molar-refractivity contribution in [2.45, 2.75) is 40.2 Å². The number of aliphatic imine (C=N–C) groups is 1. The van der Waals surface area contributed by atoms with Crippen LogP contribution in [0.4, 0.5) is 0 Å². The maximum Gasteiger partial charge on any atom is 0.194 e. The van der Waals surface area contributed by atoms with Crippen LogP contribution in [0.1, 0.15) is 38.1 Å². The maximum absolute atomic E-state index is 4.82. The van der Waals surface area contributed by atoms with Gasteiger partial charge in [-0.25, -0.2) is 9.98 Å². The number of nitrogens with zero attached hydrogens (tertiary/aromatic N) is 4. The van der Waals surface area contributed by atoms with E-state index >= 15 is 0 Å². The smallest absolute Gasteiger partial charge is 0.194 e. The summed E-state index contributed by atoms with van der Waals surface area (Å²) in [6, 6.07) is 6.18. The number of aromatic nitrogens is 2. The largest absolute Gasteiger partial charge is 0.357 e. The summed E-state index contributed by atoms with van der Waals surface area (Å²) >= 11 is 0. The fourth-order valence-corrected chi connectivity index (χ4v) is 3.24. The molecule has 0 aliphatic carbocycles. The van der Waals surface area contributed by atoms with Crippen LogP contribution in [-0.2, 0) is 6.54 Å². The number of hydrogen-bond acceptors (Lipinski definition) is 2. The Labute approximate surface area is 138 Å². The van der Waals surface area contributed by atoms with Crippen molar-refractivity contribution >= 4 is 11.6 Å². The second kappa shape index (κ2) is 7.02. The van der Waals surface area contributed by atoms with Gasteiger partial charge in [-0.1, -0.05) is 13.0 Å². The monoisotopic (exact) mass is 313 g/mol. The summed E-state index contributed by atoms with van der Waals surface area (Å²) in [7, 11) is 0. The van der Waals surface area contributed by atoms with E-state index in [1.54, 1.807) is 0 Å². The molecule has 1 fully saturated rings. The molecule has 2 aromatic rings. The van der Waals surface area contributed by atoms with E-state index < -0.39 is 0 Å². The molecule has 1 aliphatic rings. The van der Waals surface area contributed by atoms with Crippen molar-refractivity contribution in [2.24, 2.45) is 10.9 Å². The molecule has 1 saturated heterocycles. The molecule has 1 N–H and O–H groups in total. The minimum absolute atomic E-state index is 0.619. The minimum atomic E-state index is 0.619. The average Bonchev–Trinajstić information content (AvgIpc) is 2.96. The first-order valence-electron chi connectivity index (χ1n) is 8.64. The van der Waals surface area contributed by atoms with E-state index in [1.165, 1.54) is 18.5 Å². The highest BCUT2D eigenvalue weighted by Crippen LogP contribution is 2.16. The Balaban J connectivity index is 1.77. The fraction of sp³-hybridized carbons (Fsp3) is 0.556. The molecule has 5 heteroatoms. The molecule has 0 bridgehead atoms. The maximum atomic E-state index is 4.82. The molecule has 1 atom stereocenters. The van der Waals surface area contributed by atoms with Crippen molar-refractivity contribution in [3.63, 3.8) is 0 Å². The molecule has 0 aromatic carbocycles. The van der Waals surface area contributed by atoms with Crippen LogP contribution in [0.25, 0.3) is 5.65 Å². The SMILES string of the molecule is CCNC(=NCc1cn2c(C)cccc2n1)N1CCCC(C)C1. The van der Waals surface area contributed by atoms with E-state index in [9.17, 15) is 0 Å². The molecule has 23 heavy (non-hydrogen) atoms. The van der Waals surface area contributed by atoms with Gasteiger partial charge >= 0.3 is 0 Å². The normalized spacial score (nSPS) is 19.3. The highest BCUT2D eigenvalue weighted by molar-refractivity contribution is 5.80. The topological polar surface area (TPSA) is 44.9 Å². The molecule has 1 aliphatic heterocycles.